The number of aromatic hydroxyl groups is 1. The average molecular weight is 278 g/mol. The normalized spacial score (nSPS) is 21.6. The number of likely N-dealkylation sites (tertiary alicyclic amines) is 1. The van der Waals surface area contributed by atoms with Gasteiger partial charge < -0.3 is 20.1 Å². The van der Waals surface area contributed by atoms with Gasteiger partial charge in [0.15, 0.2) is 0 Å². The van der Waals surface area contributed by atoms with Crippen molar-refractivity contribution in [2.45, 2.75) is 38.8 Å². The van der Waals surface area contributed by atoms with Crippen LogP contribution in [0.15, 0.2) is 18.2 Å². The van der Waals surface area contributed by atoms with Crippen LogP contribution in [0.4, 0.5) is 0 Å². The van der Waals surface area contributed by atoms with Crippen molar-refractivity contribution in [3.8, 4) is 11.5 Å². The Kier molecular flexibility index (Phi) is 5.26. The molecule has 1 aliphatic heterocycles. The quantitative estimate of drug-likeness (QED) is 0.869. The summed E-state index contributed by atoms with van der Waals surface area (Å²) < 4.78 is 5.24. The number of nitrogens with zero attached hydrogens (tertiary/aromatic N) is 1. The molecule has 0 bridgehead atoms. The predicted molar refractivity (Wildman–Crippen MR) is 81.3 cm³/mol. The lowest BCUT2D eigenvalue weighted by Crippen LogP contribution is -2.46. The van der Waals surface area contributed by atoms with Crippen molar-refractivity contribution in [2.75, 3.05) is 26.7 Å². The number of benzene rings is 1. The van der Waals surface area contributed by atoms with Gasteiger partial charge in [-0.25, -0.2) is 0 Å². The average Bonchev–Trinajstić information content (AvgIpc) is 2.47. The first-order valence-electron chi connectivity index (χ1n) is 7.49. The first-order chi connectivity index (χ1) is 9.63. The van der Waals surface area contributed by atoms with Gasteiger partial charge in [-0.15, -0.1) is 0 Å². The van der Waals surface area contributed by atoms with Crippen LogP contribution in [0.25, 0.3) is 0 Å². The summed E-state index contributed by atoms with van der Waals surface area (Å²) in [4.78, 5) is 2.47. The molecule has 20 heavy (non-hydrogen) atoms. The number of rotatable bonds is 5. The van der Waals surface area contributed by atoms with E-state index >= 15 is 0 Å². The Labute approximate surface area is 121 Å². The number of hydrogen-bond acceptors (Lipinski definition) is 4. The first-order valence-corrected chi connectivity index (χ1v) is 7.49. The van der Waals surface area contributed by atoms with Crippen molar-refractivity contribution in [3.63, 3.8) is 0 Å². The third-order valence-corrected chi connectivity index (χ3v) is 4.14. The molecule has 1 aromatic carbocycles. The molecule has 2 atom stereocenters. The fraction of sp³-hybridized carbons (Fsp3) is 0.625. The molecule has 0 amide bonds. The third-order valence-electron chi connectivity index (χ3n) is 4.14. The van der Waals surface area contributed by atoms with E-state index in [9.17, 15) is 5.11 Å². The summed E-state index contributed by atoms with van der Waals surface area (Å²) in [5.74, 6) is 1.11. The maximum atomic E-state index is 10.0. The standard InChI is InChI=1S/C16H26N2O2/c1-4-18-9-5-6-13(11-18)17-12(2)15-10-14(20-3)7-8-16(15)19/h7-8,10,12-13,17,19H,4-6,9,11H2,1-3H3. The fourth-order valence-electron chi connectivity index (χ4n) is 2.93. The van der Waals surface area contributed by atoms with Crippen LogP contribution in [-0.2, 0) is 0 Å². The van der Waals surface area contributed by atoms with Crippen LogP contribution in [0.3, 0.4) is 0 Å². The molecule has 1 saturated heterocycles. The SMILES string of the molecule is CCN1CCCC(NC(C)c2cc(OC)ccc2O)C1. The monoisotopic (exact) mass is 278 g/mol. The van der Waals surface area contributed by atoms with E-state index in [4.69, 9.17) is 4.74 Å². The van der Waals surface area contributed by atoms with Crippen LogP contribution in [0.5, 0.6) is 11.5 Å². The maximum Gasteiger partial charge on any atom is 0.120 e. The second kappa shape index (κ2) is 6.95. The van der Waals surface area contributed by atoms with Crippen molar-refractivity contribution in [2.24, 2.45) is 0 Å². The summed E-state index contributed by atoms with van der Waals surface area (Å²) in [6.07, 6.45) is 2.44. The van der Waals surface area contributed by atoms with Gasteiger partial charge in [-0.2, -0.15) is 0 Å². The summed E-state index contributed by atoms with van der Waals surface area (Å²) in [6.45, 7) is 7.70. The zero-order chi connectivity index (χ0) is 14.5. The summed E-state index contributed by atoms with van der Waals surface area (Å²) in [5, 5.41) is 13.7. The maximum absolute atomic E-state index is 10.0. The van der Waals surface area contributed by atoms with E-state index in [1.807, 2.05) is 6.07 Å². The smallest absolute Gasteiger partial charge is 0.120 e. The lowest BCUT2D eigenvalue weighted by Gasteiger charge is -2.34. The summed E-state index contributed by atoms with van der Waals surface area (Å²) >= 11 is 0. The summed E-state index contributed by atoms with van der Waals surface area (Å²) in [5.41, 5.74) is 0.901. The van der Waals surface area contributed by atoms with E-state index in [1.54, 1.807) is 19.2 Å². The number of methoxy groups -OCH3 is 1. The number of likely N-dealkylation sites (N-methyl/N-ethyl adjacent to an activating group) is 1. The minimum atomic E-state index is 0.118. The number of piperidine rings is 1. The van der Waals surface area contributed by atoms with E-state index in [-0.39, 0.29) is 6.04 Å². The molecular weight excluding hydrogens is 252 g/mol. The van der Waals surface area contributed by atoms with E-state index in [0.29, 0.717) is 11.8 Å². The Morgan fingerprint density at radius 1 is 1.50 bits per heavy atom. The van der Waals surface area contributed by atoms with Crippen LogP contribution in [-0.4, -0.2) is 42.8 Å². The zero-order valence-corrected chi connectivity index (χ0v) is 12.7. The van der Waals surface area contributed by atoms with Crippen LogP contribution in [0.1, 0.15) is 38.3 Å². The Bertz CT molecular complexity index is 436. The zero-order valence-electron chi connectivity index (χ0n) is 12.7. The number of phenolic OH excluding ortho intramolecular Hbond substituents is 1. The second-order valence-corrected chi connectivity index (χ2v) is 5.55. The number of ether oxygens (including phenoxy) is 1. The molecule has 2 rings (SSSR count). The van der Waals surface area contributed by atoms with Crippen LogP contribution >= 0.6 is 0 Å². The van der Waals surface area contributed by atoms with Crippen molar-refractivity contribution < 1.29 is 9.84 Å². The minimum Gasteiger partial charge on any atom is -0.508 e. The minimum absolute atomic E-state index is 0.118. The Morgan fingerprint density at radius 2 is 2.30 bits per heavy atom. The molecule has 112 valence electrons. The van der Waals surface area contributed by atoms with E-state index < -0.39 is 0 Å². The highest BCUT2D eigenvalue weighted by Crippen LogP contribution is 2.29. The van der Waals surface area contributed by atoms with Crippen molar-refractivity contribution >= 4 is 0 Å². The van der Waals surface area contributed by atoms with Gasteiger partial charge in [-0.3, -0.25) is 0 Å². The van der Waals surface area contributed by atoms with E-state index in [0.717, 1.165) is 24.4 Å². The molecule has 4 nitrogen and oxygen atoms in total. The number of phenols is 1. The predicted octanol–water partition coefficient (Wildman–Crippen LogP) is 2.54. The molecule has 1 fully saturated rings. The largest absolute Gasteiger partial charge is 0.508 e. The van der Waals surface area contributed by atoms with Crippen LogP contribution < -0.4 is 10.1 Å². The molecule has 1 aliphatic rings. The highest BCUT2D eigenvalue weighted by molar-refractivity contribution is 5.41. The van der Waals surface area contributed by atoms with Crippen molar-refractivity contribution in [3.05, 3.63) is 23.8 Å². The van der Waals surface area contributed by atoms with Crippen LogP contribution in [0.2, 0.25) is 0 Å². The molecule has 0 spiro atoms. The number of hydrogen-bond donors (Lipinski definition) is 2. The Morgan fingerprint density at radius 3 is 3.00 bits per heavy atom. The van der Waals surface area contributed by atoms with Gasteiger partial charge in [-0.1, -0.05) is 6.92 Å². The molecule has 0 radical (unpaired) electrons. The summed E-state index contributed by atoms with van der Waals surface area (Å²) in [7, 11) is 1.65. The van der Waals surface area contributed by atoms with Gasteiger partial charge in [0.1, 0.15) is 11.5 Å². The molecule has 2 N–H and O–H groups in total. The third kappa shape index (κ3) is 3.64. The van der Waals surface area contributed by atoms with Gasteiger partial charge in [0.05, 0.1) is 7.11 Å². The molecule has 1 aromatic rings. The van der Waals surface area contributed by atoms with Gasteiger partial charge >= 0.3 is 0 Å². The van der Waals surface area contributed by atoms with E-state index in [1.165, 1.54) is 19.4 Å². The molecule has 4 heteroatoms. The lowest BCUT2D eigenvalue weighted by atomic mass is 10.0. The Hall–Kier alpha value is -1.26. The summed E-state index contributed by atoms with van der Waals surface area (Å²) in [6, 6.07) is 6.00. The van der Waals surface area contributed by atoms with Gasteiger partial charge in [-0.05, 0) is 51.1 Å². The van der Waals surface area contributed by atoms with Gasteiger partial charge in [0.25, 0.3) is 0 Å². The molecule has 0 saturated carbocycles. The first kappa shape index (κ1) is 15.1. The lowest BCUT2D eigenvalue weighted by molar-refractivity contribution is 0.191. The van der Waals surface area contributed by atoms with E-state index in [2.05, 4.69) is 24.1 Å². The fourth-order valence-corrected chi connectivity index (χ4v) is 2.93. The molecule has 0 aliphatic carbocycles. The topological polar surface area (TPSA) is 44.7 Å². The highest BCUT2D eigenvalue weighted by Gasteiger charge is 2.21. The van der Waals surface area contributed by atoms with Crippen molar-refractivity contribution in [1.29, 1.82) is 0 Å². The van der Waals surface area contributed by atoms with Gasteiger partial charge in [0, 0.05) is 24.2 Å². The molecular formula is C16H26N2O2. The molecule has 0 aromatic heterocycles. The Balaban J connectivity index is 2.02. The number of nitrogens with one attached hydrogen (secondary N) is 1. The molecule has 2 unspecified atom stereocenters. The van der Waals surface area contributed by atoms with Gasteiger partial charge in [0.2, 0.25) is 0 Å². The highest BCUT2D eigenvalue weighted by atomic mass is 16.5. The van der Waals surface area contributed by atoms with Crippen LogP contribution in [0, 0.1) is 0 Å². The van der Waals surface area contributed by atoms with Crippen molar-refractivity contribution in [1.82, 2.24) is 10.2 Å². The second-order valence-electron chi connectivity index (χ2n) is 5.55. The molecule has 1 heterocycles.